The molecule has 0 aromatic rings. The number of hydrogen-bond acceptors (Lipinski definition) is 3. The summed E-state index contributed by atoms with van der Waals surface area (Å²) in [6.45, 7) is 0.0385. The summed E-state index contributed by atoms with van der Waals surface area (Å²) in [6.07, 6.45) is -4.87. The molecule has 0 aliphatic heterocycles. The third-order valence-corrected chi connectivity index (χ3v) is 2.89. The number of ether oxygens (including phenoxy) is 1. The highest BCUT2D eigenvalue weighted by atomic mass is 32.2. The van der Waals surface area contributed by atoms with Crippen LogP contribution in [0.2, 0.25) is 0 Å². The minimum absolute atomic E-state index is 0.0385. The molecule has 0 saturated carbocycles. The van der Waals surface area contributed by atoms with Crippen LogP contribution in [0, 0.1) is 5.92 Å². The highest BCUT2D eigenvalue weighted by Crippen LogP contribution is 2.27. The van der Waals surface area contributed by atoms with Crippen LogP contribution in [0.25, 0.3) is 0 Å². The van der Waals surface area contributed by atoms with E-state index in [0.29, 0.717) is 0 Å². The normalized spacial score (nSPS) is 16.0. The molecule has 0 aliphatic rings. The summed E-state index contributed by atoms with van der Waals surface area (Å²) in [5.74, 6) is -5.61. The molecule has 15 heavy (non-hydrogen) atoms. The smallest absolute Gasteiger partial charge is 0.403 e. The first-order valence-corrected chi connectivity index (χ1v) is 5.41. The van der Waals surface area contributed by atoms with Crippen LogP contribution in [0.15, 0.2) is 0 Å². The molecule has 90 valence electrons. The van der Waals surface area contributed by atoms with Crippen molar-refractivity contribution in [2.75, 3.05) is 25.2 Å². The lowest BCUT2D eigenvalue weighted by molar-refractivity contribution is -0.188. The van der Waals surface area contributed by atoms with Gasteiger partial charge in [0, 0.05) is 29.4 Å². The van der Waals surface area contributed by atoms with Crippen LogP contribution in [0.3, 0.4) is 0 Å². The van der Waals surface area contributed by atoms with Crippen molar-refractivity contribution in [3.8, 4) is 0 Å². The predicted molar refractivity (Wildman–Crippen MR) is 46.9 cm³/mol. The molecular formula is C7H11F3O4S. The van der Waals surface area contributed by atoms with Gasteiger partial charge in [0.25, 0.3) is 0 Å². The fraction of sp³-hybridized carbons (Fsp3) is 0.857. The third-order valence-electron chi connectivity index (χ3n) is 1.56. The molecule has 0 radical (unpaired) electrons. The van der Waals surface area contributed by atoms with Crippen molar-refractivity contribution in [2.24, 2.45) is 5.92 Å². The van der Waals surface area contributed by atoms with Gasteiger partial charge in [0.15, 0.2) is 5.92 Å². The maximum atomic E-state index is 12.1. The van der Waals surface area contributed by atoms with E-state index in [9.17, 15) is 22.2 Å². The van der Waals surface area contributed by atoms with Gasteiger partial charge in [-0.3, -0.25) is 9.00 Å². The maximum Gasteiger partial charge on any atom is 0.403 e. The molecule has 8 heteroatoms. The minimum atomic E-state index is -4.87. The summed E-state index contributed by atoms with van der Waals surface area (Å²) in [7, 11) is -0.528. The summed E-state index contributed by atoms with van der Waals surface area (Å²) >= 11 is 0. The van der Waals surface area contributed by atoms with Crippen LogP contribution in [-0.2, 0) is 20.3 Å². The molecule has 0 bridgehead atoms. The Balaban J connectivity index is 4.31. The number of aliphatic carboxylic acids is 1. The van der Waals surface area contributed by atoms with Gasteiger partial charge in [-0.15, -0.1) is 0 Å². The van der Waals surface area contributed by atoms with Gasteiger partial charge in [0.2, 0.25) is 0 Å². The molecule has 0 spiro atoms. The van der Waals surface area contributed by atoms with Gasteiger partial charge in [-0.05, 0) is 0 Å². The monoisotopic (exact) mass is 248 g/mol. The van der Waals surface area contributed by atoms with Crippen LogP contribution in [-0.4, -0.2) is 46.7 Å². The van der Waals surface area contributed by atoms with Crippen LogP contribution in [0.1, 0.15) is 0 Å². The van der Waals surface area contributed by atoms with Gasteiger partial charge in [0.05, 0.1) is 6.61 Å². The molecule has 0 fully saturated rings. The number of carbonyl (C=O) groups is 1. The van der Waals surface area contributed by atoms with Crippen molar-refractivity contribution >= 4 is 16.8 Å². The first-order chi connectivity index (χ1) is 6.79. The third kappa shape index (κ3) is 5.73. The van der Waals surface area contributed by atoms with Gasteiger partial charge in [-0.1, -0.05) is 0 Å². The second-order valence-electron chi connectivity index (χ2n) is 2.74. The van der Waals surface area contributed by atoms with E-state index in [4.69, 9.17) is 5.11 Å². The lowest BCUT2D eigenvalue weighted by atomic mass is 10.2. The van der Waals surface area contributed by atoms with Gasteiger partial charge in [0.1, 0.15) is 0 Å². The lowest BCUT2D eigenvalue weighted by Gasteiger charge is -2.15. The molecule has 0 amide bonds. The molecule has 0 aromatic carbocycles. The largest absolute Gasteiger partial charge is 0.481 e. The Hall–Kier alpha value is -0.630. The van der Waals surface area contributed by atoms with Crippen molar-refractivity contribution in [2.45, 2.75) is 6.18 Å². The first kappa shape index (κ1) is 14.4. The summed E-state index contributed by atoms with van der Waals surface area (Å²) in [5.41, 5.74) is 0. The topological polar surface area (TPSA) is 63.6 Å². The van der Waals surface area contributed by atoms with E-state index in [1.54, 1.807) is 0 Å². The van der Waals surface area contributed by atoms with Gasteiger partial charge >= 0.3 is 12.1 Å². The van der Waals surface area contributed by atoms with Crippen molar-refractivity contribution in [1.82, 2.24) is 0 Å². The molecule has 0 rings (SSSR count). The minimum Gasteiger partial charge on any atom is -0.481 e. The molecule has 4 nitrogen and oxygen atoms in total. The van der Waals surface area contributed by atoms with Crippen molar-refractivity contribution in [3.63, 3.8) is 0 Å². The Morgan fingerprint density at radius 3 is 2.40 bits per heavy atom. The van der Waals surface area contributed by atoms with Crippen LogP contribution < -0.4 is 0 Å². The van der Waals surface area contributed by atoms with Crippen molar-refractivity contribution < 1.29 is 32.0 Å². The zero-order chi connectivity index (χ0) is 12.1. The molecule has 1 N–H and O–H groups in total. The van der Waals surface area contributed by atoms with Gasteiger partial charge in [-0.2, -0.15) is 13.2 Å². The Labute approximate surface area is 86.9 Å². The maximum absolute atomic E-state index is 12.1. The van der Waals surface area contributed by atoms with Crippen molar-refractivity contribution in [1.29, 1.82) is 0 Å². The molecule has 0 saturated heterocycles. The molecule has 2 unspecified atom stereocenters. The van der Waals surface area contributed by atoms with E-state index in [0.717, 1.165) is 0 Å². The number of alkyl halides is 3. The first-order valence-electron chi connectivity index (χ1n) is 3.92. The fourth-order valence-electron chi connectivity index (χ4n) is 0.751. The zero-order valence-corrected chi connectivity index (χ0v) is 8.73. The second kappa shape index (κ2) is 6.06. The fourth-order valence-corrected chi connectivity index (χ4v) is 1.97. The summed E-state index contributed by atoms with van der Waals surface area (Å²) < 4.78 is 51.9. The predicted octanol–water partition coefficient (Wildman–Crippen LogP) is 0.645. The average molecular weight is 248 g/mol. The van der Waals surface area contributed by atoms with E-state index in [1.165, 1.54) is 7.11 Å². The van der Waals surface area contributed by atoms with Gasteiger partial charge < -0.3 is 9.84 Å². The van der Waals surface area contributed by atoms with Crippen LogP contribution in [0.5, 0.6) is 0 Å². The van der Waals surface area contributed by atoms with E-state index in [-0.39, 0.29) is 12.4 Å². The molecule has 2 atom stereocenters. The SMILES string of the molecule is COCCS(=O)CC(C(=O)O)C(F)(F)F. The Bertz CT molecular complexity index is 241. The number of carboxylic acid groups (broad SMARTS) is 1. The van der Waals surface area contributed by atoms with E-state index in [2.05, 4.69) is 4.74 Å². The highest BCUT2D eigenvalue weighted by molar-refractivity contribution is 7.85. The summed E-state index contributed by atoms with van der Waals surface area (Å²) in [5, 5.41) is 8.30. The zero-order valence-electron chi connectivity index (χ0n) is 7.91. The number of methoxy groups -OCH3 is 1. The highest BCUT2D eigenvalue weighted by Gasteiger charge is 2.45. The Morgan fingerprint density at radius 2 is 2.07 bits per heavy atom. The molecule has 0 aromatic heterocycles. The average Bonchev–Trinajstić information content (AvgIpc) is 2.08. The second-order valence-corrected chi connectivity index (χ2v) is 4.36. The van der Waals surface area contributed by atoms with Crippen molar-refractivity contribution in [3.05, 3.63) is 0 Å². The van der Waals surface area contributed by atoms with E-state index >= 15 is 0 Å². The Morgan fingerprint density at radius 1 is 1.53 bits per heavy atom. The summed E-state index contributed by atoms with van der Waals surface area (Å²) in [6, 6.07) is 0. The van der Waals surface area contributed by atoms with Crippen LogP contribution in [0.4, 0.5) is 13.2 Å². The quantitative estimate of drug-likeness (QED) is 0.749. The molecular weight excluding hydrogens is 237 g/mol. The van der Waals surface area contributed by atoms with Gasteiger partial charge in [-0.25, -0.2) is 0 Å². The number of carboxylic acids is 1. The number of rotatable bonds is 6. The number of hydrogen-bond donors (Lipinski definition) is 1. The standard InChI is InChI=1S/C7H11F3O4S/c1-14-2-3-15(13)4-5(6(11)12)7(8,9)10/h5H,2-4H2,1H3,(H,11,12). The summed E-state index contributed by atoms with van der Waals surface area (Å²) in [4.78, 5) is 10.3. The molecule has 0 aliphatic carbocycles. The van der Waals surface area contributed by atoms with E-state index in [1.807, 2.05) is 0 Å². The molecule has 0 heterocycles. The number of halogens is 3. The lowest BCUT2D eigenvalue weighted by Crippen LogP contribution is -2.35. The Kier molecular flexibility index (Phi) is 5.81. The van der Waals surface area contributed by atoms with E-state index < -0.39 is 34.6 Å². The van der Waals surface area contributed by atoms with Crippen LogP contribution >= 0.6 is 0 Å².